The third kappa shape index (κ3) is 2.57. The first-order chi connectivity index (χ1) is 6.36. The molecule has 3 nitrogen and oxygen atoms in total. The number of aliphatic hydroxyl groups excluding tert-OH is 1. The largest absolute Gasteiger partial charge is 0.468 e. The highest BCUT2D eigenvalue weighted by atomic mass is 16.3. The summed E-state index contributed by atoms with van der Waals surface area (Å²) in [7, 11) is 0. The molecule has 0 bridgehead atoms. The van der Waals surface area contributed by atoms with Gasteiger partial charge in [0.05, 0.1) is 18.9 Å². The van der Waals surface area contributed by atoms with Crippen molar-refractivity contribution in [3.63, 3.8) is 0 Å². The minimum absolute atomic E-state index is 0.171. The van der Waals surface area contributed by atoms with Crippen LogP contribution in [0.25, 0.3) is 0 Å². The van der Waals surface area contributed by atoms with E-state index in [2.05, 4.69) is 5.32 Å². The van der Waals surface area contributed by atoms with Gasteiger partial charge in [-0.3, -0.25) is 0 Å². The van der Waals surface area contributed by atoms with Crippen LogP contribution in [0, 0.1) is 5.92 Å². The van der Waals surface area contributed by atoms with E-state index < -0.39 is 0 Å². The van der Waals surface area contributed by atoms with Crippen LogP contribution >= 0.6 is 0 Å². The first kappa shape index (κ1) is 8.78. The highest BCUT2D eigenvalue weighted by Gasteiger charge is 2.28. The fourth-order valence-electron chi connectivity index (χ4n) is 1.40. The van der Waals surface area contributed by atoms with Gasteiger partial charge in [0.2, 0.25) is 0 Å². The predicted octanol–water partition coefficient (Wildman–Crippen LogP) is 1.14. The van der Waals surface area contributed by atoms with Crippen molar-refractivity contribution in [1.29, 1.82) is 0 Å². The van der Waals surface area contributed by atoms with Gasteiger partial charge in [-0.25, -0.2) is 0 Å². The summed E-state index contributed by atoms with van der Waals surface area (Å²) in [5.41, 5.74) is 0. The molecular weight excluding hydrogens is 166 g/mol. The van der Waals surface area contributed by atoms with E-state index in [-0.39, 0.29) is 6.10 Å². The number of aliphatic hydroxyl groups is 1. The third-order valence-electron chi connectivity index (χ3n) is 2.40. The molecular formula is C10H15NO2. The van der Waals surface area contributed by atoms with Crippen LogP contribution in [0.2, 0.25) is 0 Å². The van der Waals surface area contributed by atoms with Crippen LogP contribution in [-0.4, -0.2) is 17.8 Å². The Balaban J connectivity index is 1.63. The average Bonchev–Trinajstić information content (AvgIpc) is 2.86. The second-order valence-corrected chi connectivity index (χ2v) is 3.62. The molecule has 0 radical (unpaired) electrons. The maximum atomic E-state index is 9.52. The first-order valence-corrected chi connectivity index (χ1v) is 4.77. The predicted molar refractivity (Wildman–Crippen MR) is 49.1 cm³/mol. The van der Waals surface area contributed by atoms with Gasteiger partial charge in [-0.15, -0.1) is 0 Å². The molecule has 1 aliphatic carbocycles. The highest BCUT2D eigenvalue weighted by molar-refractivity contribution is 4.97. The molecule has 0 spiro atoms. The molecule has 0 aromatic carbocycles. The molecule has 3 heteroatoms. The van der Waals surface area contributed by atoms with E-state index >= 15 is 0 Å². The lowest BCUT2D eigenvalue weighted by Crippen LogP contribution is -2.27. The second-order valence-electron chi connectivity index (χ2n) is 3.62. The van der Waals surface area contributed by atoms with E-state index in [0.717, 1.165) is 5.76 Å². The average molecular weight is 181 g/mol. The summed E-state index contributed by atoms with van der Waals surface area (Å²) in [4.78, 5) is 0. The Kier molecular flexibility index (Phi) is 2.66. The van der Waals surface area contributed by atoms with Crippen LogP contribution in [0.4, 0.5) is 0 Å². The van der Waals surface area contributed by atoms with Crippen LogP contribution in [-0.2, 0) is 6.54 Å². The summed E-state index contributed by atoms with van der Waals surface area (Å²) >= 11 is 0. The van der Waals surface area contributed by atoms with Gasteiger partial charge in [0.15, 0.2) is 0 Å². The van der Waals surface area contributed by atoms with E-state index in [4.69, 9.17) is 4.42 Å². The van der Waals surface area contributed by atoms with E-state index in [9.17, 15) is 5.11 Å². The monoisotopic (exact) mass is 181 g/mol. The van der Waals surface area contributed by atoms with Crippen molar-refractivity contribution < 1.29 is 9.52 Å². The summed E-state index contributed by atoms with van der Waals surface area (Å²) in [6.07, 6.45) is 3.86. The molecule has 13 heavy (non-hydrogen) atoms. The fraction of sp³-hybridized carbons (Fsp3) is 0.600. The van der Waals surface area contributed by atoms with Gasteiger partial charge in [-0.05, 0) is 30.9 Å². The van der Waals surface area contributed by atoms with Gasteiger partial charge in [0, 0.05) is 6.54 Å². The zero-order valence-electron chi connectivity index (χ0n) is 7.57. The van der Waals surface area contributed by atoms with E-state index in [0.29, 0.717) is 19.0 Å². The molecule has 1 unspecified atom stereocenters. The summed E-state index contributed by atoms with van der Waals surface area (Å²) in [5, 5.41) is 12.7. The Morgan fingerprint density at radius 2 is 2.46 bits per heavy atom. The molecule has 1 aliphatic rings. The molecule has 1 heterocycles. The van der Waals surface area contributed by atoms with Gasteiger partial charge in [-0.2, -0.15) is 0 Å². The van der Waals surface area contributed by atoms with Crippen LogP contribution in [0.3, 0.4) is 0 Å². The lowest BCUT2D eigenvalue weighted by molar-refractivity contribution is 0.148. The van der Waals surface area contributed by atoms with Gasteiger partial charge >= 0.3 is 0 Å². The van der Waals surface area contributed by atoms with Crippen LogP contribution in [0.15, 0.2) is 22.8 Å². The minimum atomic E-state index is -0.171. The lowest BCUT2D eigenvalue weighted by Gasteiger charge is -2.08. The SMILES string of the molecule is OC(CNCc1ccco1)C1CC1. The Hall–Kier alpha value is -0.800. The highest BCUT2D eigenvalue weighted by Crippen LogP contribution is 2.32. The van der Waals surface area contributed by atoms with Gasteiger partial charge in [0.1, 0.15) is 5.76 Å². The van der Waals surface area contributed by atoms with Crippen molar-refractivity contribution in [2.24, 2.45) is 5.92 Å². The smallest absolute Gasteiger partial charge is 0.117 e. The van der Waals surface area contributed by atoms with Crippen molar-refractivity contribution in [3.8, 4) is 0 Å². The summed E-state index contributed by atoms with van der Waals surface area (Å²) in [6.45, 7) is 1.38. The molecule has 1 aromatic heterocycles. The van der Waals surface area contributed by atoms with Crippen LogP contribution in [0.5, 0.6) is 0 Å². The number of rotatable bonds is 5. The number of nitrogens with one attached hydrogen (secondary N) is 1. The standard InChI is InChI=1S/C10H15NO2/c12-10(8-3-4-8)7-11-6-9-2-1-5-13-9/h1-2,5,8,10-12H,3-4,6-7H2. The Labute approximate surface area is 77.8 Å². The van der Waals surface area contributed by atoms with Crippen molar-refractivity contribution in [3.05, 3.63) is 24.2 Å². The van der Waals surface area contributed by atoms with E-state index in [1.165, 1.54) is 12.8 Å². The van der Waals surface area contributed by atoms with Crippen LogP contribution in [0.1, 0.15) is 18.6 Å². The van der Waals surface area contributed by atoms with Gasteiger partial charge in [-0.1, -0.05) is 0 Å². The molecule has 0 amide bonds. The van der Waals surface area contributed by atoms with Crippen LogP contribution < -0.4 is 5.32 Å². The molecule has 2 rings (SSSR count). The van der Waals surface area contributed by atoms with Crippen molar-refractivity contribution >= 4 is 0 Å². The Morgan fingerprint density at radius 1 is 1.62 bits per heavy atom. The number of hydrogen-bond donors (Lipinski definition) is 2. The maximum Gasteiger partial charge on any atom is 0.117 e. The molecule has 1 saturated carbocycles. The zero-order valence-corrected chi connectivity index (χ0v) is 7.57. The summed E-state index contributed by atoms with van der Waals surface area (Å²) in [6, 6.07) is 3.80. The molecule has 1 aromatic rings. The Morgan fingerprint density at radius 3 is 3.08 bits per heavy atom. The minimum Gasteiger partial charge on any atom is -0.468 e. The molecule has 2 N–H and O–H groups in total. The summed E-state index contributed by atoms with van der Waals surface area (Å²) in [5.74, 6) is 1.46. The molecule has 0 aliphatic heterocycles. The number of hydrogen-bond acceptors (Lipinski definition) is 3. The fourth-order valence-corrected chi connectivity index (χ4v) is 1.40. The molecule has 1 atom stereocenters. The van der Waals surface area contributed by atoms with Gasteiger partial charge < -0.3 is 14.8 Å². The third-order valence-corrected chi connectivity index (χ3v) is 2.40. The normalized spacial score (nSPS) is 18.8. The van der Waals surface area contributed by atoms with Gasteiger partial charge in [0.25, 0.3) is 0 Å². The zero-order chi connectivity index (χ0) is 9.10. The van der Waals surface area contributed by atoms with E-state index in [1.54, 1.807) is 6.26 Å². The first-order valence-electron chi connectivity index (χ1n) is 4.77. The van der Waals surface area contributed by atoms with E-state index in [1.807, 2.05) is 12.1 Å². The molecule has 0 saturated heterocycles. The molecule has 1 fully saturated rings. The quantitative estimate of drug-likeness (QED) is 0.716. The lowest BCUT2D eigenvalue weighted by atomic mass is 10.2. The molecule has 72 valence electrons. The summed E-state index contributed by atoms with van der Waals surface area (Å²) < 4.78 is 5.15. The topological polar surface area (TPSA) is 45.4 Å². The van der Waals surface area contributed by atoms with Crippen molar-refractivity contribution in [1.82, 2.24) is 5.32 Å². The second kappa shape index (κ2) is 3.94. The van der Waals surface area contributed by atoms with Crippen molar-refractivity contribution in [2.75, 3.05) is 6.54 Å². The Bertz CT molecular complexity index is 241. The maximum absolute atomic E-state index is 9.52. The van der Waals surface area contributed by atoms with Crippen molar-refractivity contribution in [2.45, 2.75) is 25.5 Å². The number of furan rings is 1.